The molecule has 1 heterocycles. The van der Waals surface area contributed by atoms with E-state index in [4.69, 9.17) is 4.42 Å². The van der Waals surface area contributed by atoms with Crippen LogP contribution < -0.4 is 0 Å². The Morgan fingerprint density at radius 2 is 1.87 bits per heavy atom. The zero-order valence-corrected chi connectivity index (χ0v) is 17.7. The predicted octanol–water partition coefficient (Wildman–Crippen LogP) is 6.22. The van der Waals surface area contributed by atoms with Crippen LogP contribution in [0.4, 0.5) is 0 Å². The van der Waals surface area contributed by atoms with Gasteiger partial charge in [0.25, 0.3) is 5.91 Å². The fraction of sp³-hybridized carbons (Fsp3) is 0.333. The number of hydrogen-bond acceptors (Lipinski definition) is 3. The summed E-state index contributed by atoms with van der Waals surface area (Å²) >= 11 is 0. The van der Waals surface area contributed by atoms with Gasteiger partial charge in [0.1, 0.15) is 0 Å². The largest absolute Gasteiger partial charge is 0.443 e. The van der Waals surface area contributed by atoms with Crippen LogP contribution in [-0.2, 0) is 6.42 Å². The van der Waals surface area contributed by atoms with Gasteiger partial charge in [-0.25, -0.2) is 4.98 Å². The van der Waals surface area contributed by atoms with Gasteiger partial charge >= 0.3 is 0 Å². The molecular formula is C27H28N2O2. The van der Waals surface area contributed by atoms with Crippen molar-refractivity contribution >= 4 is 5.91 Å². The van der Waals surface area contributed by atoms with Gasteiger partial charge < -0.3 is 9.32 Å². The lowest BCUT2D eigenvalue weighted by molar-refractivity contribution is 0.0606. The van der Waals surface area contributed by atoms with Crippen molar-refractivity contribution in [3.8, 4) is 11.3 Å². The first kappa shape index (κ1) is 19.8. The lowest BCUT2D eigenvalue weighted by Crippen LogP contribution is -2.40. The summed E-state index contributed by atoms with van der Waals surface area (Å²) in [5, 5.41) is 0. The van der Waals surface area contributed by atoms with E-state index in [9.17, 15) is 4.79 Å². The molecule has 0 N–H and O–H groups in total. The second-order valence-electron chi connectivity index (χ2n) is 8.61. The standard InChI is InChI=1S/C27H28N2O2/c30-27(25-26(31-19-28-25)22-13-5-2-6-14-22)29(18-20-10-3-1-4-11-20)24-17-9-15-21-12-7-8-16-23(21)24/h1-3,5-8,12-14,16,19-20,24H,4,9-11,15,17-18H2/t20-,24+/m1/s1. The molecule has 3 aromatic rings. The molecular weight excluding hydrogens is 384 g/mol. The van der Waals surface area contributed by atoms with Gasteiger partial charge in [-0.3, -0.25) is 4.79 Å². The highest BCUT2D eigenvalue weighted by molar-refractivity contribution is 5.98. The molecule has 0 spiro atoms. The van der Waals surface area contributed by atoms with E-state index >= 15 is 0 Å². The van der Waals surface area contributed by atoms with E-state index in [0.29, 0.717) is 17.4 Å². The molecule has 5 rings (SSSR count). The Morgan fingerprint density at radius 3 is 2.71 bits per heavy atom. The predicted molar refractivity (Wildman–Crippen MR) is 122 cm³/mol. The van der Waals surface area contributed by atoms with E-state index < -0.39 is 0 Å². The van der Waals surface area contributed by atoms with E-state index in [-0.39, 0.29) is 11.9 Å². The monoisotopic (exact) mass is 412 g/mol. The van der Waals surface area contributed by atoms with E-state index in [2.05, 4.69) is 46.3 Å². The minimum atomic E-state index is -0.0242. The number of fused-ring (bicyclic) bond motifs is 1. The third-order valence-electron chi connectivity index (χ3n) is 6.61. The number of aromatic nitrogens is 1. The van der Waals surface area contributed by atoms with E-state index in [1.54, 1.807) is 0 Å². The van der Waals surface area contributed by atoms with Crippen LogP contribution in [0.15, 0.2) is 77.6 Å². The van der Waals surface area contributed by atoms with Gasteiger partial charge in [-0.1, -0.05) is 66.7 Å². The van der Waals surface area contributed by atoms with Crippen molar-refractivity contribution in [2.75, 3.05) is 6.54 Å². The summed E-state index contributed by atoms with van der Waals surface area (Å²) in [4.78, 5) is 20.4. The number of benzene rings is 2. The molecule has 1 aromatic heterocycles. The van der Waals surface area contributed by atoms with Crippen LogP contribution in [0.2, 0.25) is 0 Å². The Balaban J connectivity index is 1.52. The third kappa shape index (κ3) is 4.07. The first-order valence-electron chi connectivity index (χ1n) is 11.3. The number of rotatable bonds is 5. The lowest BCUT2D eigenvalue weighted by Gasteiger charge is -2.38. The molecule has 0 radical (unpaired) electrons. The molecule has 0 unspecified atom stereocenters. The van der Waals surface area contributed by atoms with Gasteiger partial charge in [-0.2, -0.15) is 0 Å². The van der Waals surface area contributed by atoms with E-state index in [0.717, 1.165) is 50.6 Å². The fourth-order valence-corrected chi connectivity index (χ4v) is 5.03. The molecule has 2 aliphatic carbocycles. The summed E-state index contributed by atoms with van der Waals surface area (Å²) in [6, 6.07) is 18.5. The molecule has 2 aliphatic rings. The topological polar surface area (TPSA) is 46.3 Å². The highest BCUT2D eigenvalue weighted by atomic mass is 16.3. The molecule has 4 heteroatoms. The minimum Gasteiger partial charge on any atom is -0.443 e. The van der Waals surface area contributed by atoms with Gasteiger partial charge in [-0.15, -0.1) is 0 Å². The normalized spacial score (nSPS) is 20.3. The van der Waals surface area contributed by atoms with Crippen molar-refractivity contribution in [1.29, 1.82) is 0 Å². The van der Waals surface area contributed by atoms with Crippen molar-refractivity contribution in [3.05, 3.63) is 90.0 Å². The van der Waals surface area contributed by atoms with Crippen LogP contribution in [0.25, 0.3) is 11.3 Å². The lowest BCUT2D eigenvalue weighted by atomic mass is 9.85. The number of carbonyl (C=O) groups excluding carboxylic acids is 1. The van der Waals surface area contributed by atoms with Crippen molar-refractivity contribution < 1.29 is 9.21 Å². The number of amides is 1. The molecule has 158 valence electrons. The second-order valence-corrected chi connectivity index (χ2v) is 8.61. The molecule has 0 aliphatic heterocycles. The number of carbonyl (C=O) groups is 1. The Hall–Kier alpha value is -3.14. The maximum absolute atomic E-state index is 14.0. The molecule has 0 fully saturated rings. The zero-order valence-electron chi connectivity index (χ0n) is 17.7. The molecule has 0 saturated heterocycles. The van der Waals surface area contributed by atoms with Crippen LogP contribution in [0.5, 0.6) is 0 Å². The Kier molecular flexibility index (Phi) is 5.70. The molecule has 31 heavy (non-hydrogen) atoms. The summed E-state index contributed by atoms with van der Waals surface area (Å²) in [5.74, 6) is 1.02. The van der Waals surface area contributed by atoms with E-state index in [1.807, 2.05) is 30.3 Å². The fourth-order valence-electron chi connectivity index (χ4n) is 5.03. The van der Waals surface area contributed by atoms with Crippen LogP contribution in [0.3, 0.4) is 0 Å². The number of oxazole rings is 1. The average Bonchev–Trinajstić information content (AvgIpc) is 3.33. The van der Waals surface area contributed by atoms with Crippen molar-refractivity contribution in [1.82, 2.24) is 9.88 Å². The third-order valence-corrected chi connectivity index (χ3v) is 6.61. The SMILES string of the molecule is O=C(c1ncoc1-c1ccccc1)N(C[C@@H]1CC=CCC1)[C@H]1CCCc2ccccc21. The number of hydrogen-bond donors (Lipinski definition) is 0. The molecule has 4 nitrogen and oxygen atoms in total. The Bertz CT molecular complexity index is 1070. The molecule has 2 atom stereocenters. The van der Waals surface area contributed by atoms with Gasteiger partial charge in [0.05, 0.1) is 6.04 Å². The maximum Gasteiger partial charge on any atom is 0.277 e. The summed E-state index contributed by atoms with van der Waals surface area (Å²) in [6.45, 7) is 0.753. The highest BCUT2D eigenvalue weighted by Gasteiger charge is 2.34. The number of nitrogens with zero attached hydrogens (tertiary/aromatic N) is 2. The smallest absolute Gasteiger partial charge is 0.277 e. The first-order chi connectivity index (χ1) is 15.3. The first-order valence-corrected chi connectivity index (χ1v) is 11.3. The van der Waals surface area contributed by atoms with Crippen LogP contribution in [0.1, 0.15) is 59.8 Å². The van der Waals surface area contributed by atoms with Crippen LogP contribution in [0, 0.1) is 5.92 Å². The summed E-state index contributed by atoms with van der Waals surface area (Å²) < 4.78 is 5.70. The van der Waals surface area contributed by atoms with Crippen molar-refractivity contribution in [2.24, 2.45) is 5.92 Å². The molecule has 0 bridgehead atoms. The zero-order chi connectivity index (χ0) is 21.0. The van der Waals surface area contributed by atoms with Gasteiger partial charge in [-0.05, 0) is 55.6 Å². The Morgan fingerprint density at radius 1 is 1.03 bits per heavy atom. The minimum absolute atomic E-state index is 0.0242. The Labute approximate surface area is 183 Å². The van der Waals surface area contributed by atoms with E-state index in [1.165, 1.54) is 17.5 Å². The van der Waals surface area contributed by atoms with Crippen molar-refractivity contribution in [3.63, 3.8) is 0 Å². The summed E-state index contributed by atoms with van der Waals surface area (Å²) in [6.07, 6.45) is 12.3. The molecule has 2 aromatic carbocycles. The number of allylic oxidation sites excluding steroid dienone is 2. The second kappa shape index (κ2) is 8.93. The average molecular weight is 413 g/mol. The van der Waals surface area contributed by atoms with Gasteiger partial charge in [0, 0.05) is 12.1 Å². The quantitative estimate of drug-likeness (QED) is 0.468. The molecule has 1 amide bonds. The van der Waals surface area contributed by atoms with Crippen molar-refractivity contribution in [2.45, 2.75) is 44.6 Å². The number of aryl methyl sites for hydroxylation is 1. The van der Waals surface area contributed by atoms with Gasteiger partial charge in [0.15, 0.2) is 17.8 Å². The van der Waals surface area contributed by atoms with Crippen LogP contribution in [-0.4, -0.2) is 22.3 Å². The highest BCUT2D eigenvalue weighted by Crippen LogP contribution is 2.37. The van der Waals surface area contributed by atoms with Gasteiger partial charge in [0.2, 0.25) is 0 Å². The van der Waals surface area contributed by atoms with Crippen LogP contribution >= 0.6 is 0 Å². The summed E-state index contributed by atoms with van der Waals surface area (Å²) in [5.41, 5.74) is 3.95. The molecule has 0 saturated carbocycles. The maximum atomic E-state index is 14.0. The summed E-state index contributed by atoms with van der Waals surface area (Å²) in [7, 11) is 0.